The predicted molar refractivity (Wildman–Crippen MR) is 136 cm³/mol. The predicted octanol–water partition coefficient (Wildman–Crippen LogP) is 5.68. The second kappa shape index (κ2) is 10.6. The fraction of sp³-hybridized carbons (Fsp3) is 0.370. The van der Waals surface area contributed by atoms with Gasteiger partial charge in [0.25, 0.3) is 0 Å². The highest BCUT2D eigenvalue weighted by molar-refractivity contribution is 6.31. The van der Waals surface area contributed by atoms with Crippen LogP contribution in [0.25, 0.3) is 0 Å². The van der Waals surface area contributed by atoms with E-state index in [-0.39, 0.29) is 12.1 Å². The lowest BCUT2D eigenvalue weighted by Gasteiger charge is -2.30. The smallest absolute Gasteiger partial charge is 0.338 e. The van der Waals surface area contributed by atoms with Crippen LogP contribution in [0.1, 0.15) is 56.2 Å². The van der Waals surface area contributed by atoms with Gasteiger partial charge in [-0.3, -0.25) is 0 Å². The lowest BCUT2D eigenvalue weighted by atomic mass is 9.94. The second-order valence-electron chi connectivity index (χ2n) is 9.05. The number of carbonyl (C=O) groups excluding carboxylic acids is 1. The highest BCUT2D eigenvalue weighted by Crippen LogP contribution is 2.39. The zero-order valence-corrected chi connectivity index (χ0v) is 21.1. The van der Waals surface area contributed by atoms with Crippen LogP contribution in [-0.2, 0) is 16.1 Å². The number of aromatic nitrogens is 3. The van der Waals surface area contributed by atoms with Crippen LogP contribution in [0.2, 0.25) is 5.02 Å². The maximum Gasteiger partial charge on any atom is 0.338 e. The fourth-order valence-corrected chi connectivity index (χ4v) is 5.00. The van der Waals surface area contributed by atoms with E-state index in [1.807, 2.05) is 49.4 Å². The zero-order valence-electron chi connectivity index (χ0n) is 20.4. The molecule has 0 amide bonds. The molecule has 8 nitrogen and oxygen atoms in total. The first-order valence-corrected chi connectivity index (χ1v) is 12.6. The second-order valence-corrected chi connectivity index (χ2v) is 9.46. The van der Waals surface area contributed by atoms with Gasteiger partial charge in [-0.05, 0) is 56.4 Å². The van der Waals surface area contributed by atoms with Crippen molar-refractivity contribution in [3.63, 3.8) is 0 Å². The number of nitrogens with zero attached hydrogens (tertiary/aromatic N) is 3. The highest BCUT2D eigenvalue weighted by Gasteiger charge is 2.36. The summed E-state index contributed by atoms with van der Waals surface area (Å²) < 4.78 is 19.3. The maximum atomic E-state index is 13.5. The Morgan fingerprint density at radius 2 is 1.94 bits per heavy atom. The van der Waals surface area contributed by atoms with Crippen molar-refractivity contribution in [1.82, 2.24) is 14.8 Å². The van der Waals surface area contributed by atoms with E-state index in [1.54, 1.807) is 11.8 Å². The van der Waals surface area contributed by atoms with Crippen molar-refractivity contribution in [3.05, 3.63) is 76.2 Å². The van der Waals surface area contributed by atoms with Crippen molar-refractivity contribution in [2.24, 2.45) is 0 Å². The van der Waals surface area contributed by atoms with Crippen LogP contribution in [-0.4, -0.2) is 33.9 Å². The molecule has 0 saturated heterocycles. The molecule has 36 heavy (non-hydrogen) atoms. The van der Waals surface area contributed by atoms with Gasteiger partial charge in [-0.15, -0.1) is 0 Å². The number of fused-ring (bicyclic) bond motifs is 1. The first-order valence-electron chi connectivity index (χ1n) is 12.2. The summed E-state index contributed by atoms with van der Waals surface area (Å²) in [7, 11) is 1.59. The van der Waals surface area contributed by atoms with E-state index in [1.165, 1.54) is 12.7 Å². The van der Waals surface area contributed by atoms with Gasteiger partial charge in [-0.25, -0.2) is 9.48 Å². The van der Waals surface area contributed by atoms with Gasteiger partial charge < -0.3 is 19.5 Å². The summed E-state index contributed by atoms with van der Waals surface area (Å²) in [5, 5.41) is 8.24. The van der Waals surface area contributed by atoms with Crippen molar-refractivity contribution >= 4 is 23.5 Å². The molecule has 3 aromatic rings. The van der Waals surface area contributed by atoms with Crippen LogP contribution in [0.3, 0.4) is 0 Å². The Kier molecular flexibility index (Phi) is 7.13. The average Bonchev–Trinajstić information content (AvgIpc) is 3.36. The fourth-order valence-electron chi connectivity index (χ4n) is 4.81. The molecule has 9 heteroatoms. The molecule has 1 fully saturated rings. The number of halogens is 1. The van der Waals surface area contributed by atoms with Crippen LogP contribution in [0, 0.1) is 0 Å². The number of benzene rings is 2. The summed E-state index contributed by atoms with van der Waals surface area (Å²) in [6.07, 6.45) is 6.56. The third kappa shape index (κ3) is 4.91. The summed E-state index contributed by atoms with van der Waals surface area (Å²) in [5.41, 5.74) is 2.88. The third-order valence-electron chi connectivity index (χ3n) is 6.68. The standard InChI is InChI=1S/C27H29ClN4O4/c1-17-24(26(33)36-20-9-4-3-5-10-20)25(32-27(31-17)29-16-30-32)18-12-13-22(23(14-18)34-2)35-15-19-8-6-7-11-21(19)28/h6-8,11-14,16,20,25H,3-5,9-10,15H2,1-2H3,(H,29,30,31). The molecule has 2 heterocycles. The van der Waals surface area contributed by atoms with E-state index in [9.17, 15) is 4.79 Å². The monoisotopic (exact) mass is 508 g/mol. The molecule has 5 rings (SSSR count). The van der Waals surface area contributed by atoms with Crippen molar-refractivity contribution in [2.75, 3.05) is 12.4 Å². The Bertz CT molecular complexity index is 1280. The SMILES string of the molecule is COc1cc(C2C(C(=O)OC3CCCCC3)=C(C)Nc3ncnn32)ccc1OCc1ccccc1Cl. The quantitative estimate of drug-likeness (QED) is 0.410. The molecule has 2 aromatic carbocycles. The van der Waals surface area contributed by atoms with E-state index < -0.39 is 6.04 Å². The van der Waals surface area contributed by atoms with Crippen LogP contribution in [0.5, 0.6) is 11.5 Å². The van der Waals surface area contributed by atoms with Crippen LogP contribution in [0.4, 0.5) is 5.95 Å². The number of ether oxygens (including phenoxy) is 3. The number of methoxy groups -OCH3 is 1. The lowest BCUT2D eigenvalue weighted by molar-refractivity contribution is -0.146. The van der Waals surface area contributed by atoms with Gasteiger partial charge in [0.15, 0.2) is 11.5 Å². The number of allylic oxidation sites excluding steroid dienone is 1. The Hall–Kier alpha value is -3.52. The first kappa shape index (κ1) is 24.2. The van der Waals surface area contributed by atoms with Gasteiger partial charge in [0.2, 0.25) is 5.95 Å². The van der Waals surface area contributed by atoms with Gasteiger partial charge >= 0.3 is 5.97 Å². The number of carbonyl (C=O) groups is 1. The summed E-state index contributed by atoms with van der Waals surface area (Å²) >= 11 is 6.28. The largest absolute Gasteiger partial charge is 0.493 e. The van der Waals surface area contributed by atoms with Gasteiger partial charge in [0.1, 0.15) is 25.1 Å². The minimum absolute atomic E-state index is 0.0560. The summed E-state index contributed by atoms with van der Waals surface area (Å²) in [5.74, 6) is 1.33. The molecule has 0 spiro atoms. The van der Waals surface area contributed by atoms with Crippen LogP contribution in [0.15, 0.2) is 60.1 Å². The molecule has 0 radical (unpaired) electrons. The minimum Gasteiger partial charge on any atom is -0.493 e. The Labute approximate surface area is 215 Å². The van der Waals surface area contributed by atoms with E-state index in [2.05, 4.69) is 15.4 Å². The van der Waals surface area contributed by atoms with E-state index in [4.69, 9.17) is 25.8 Å². The molecule has 1 atom stereocenters. The molecule has 2 aliphatic rings. The Morgan fingerprint density at radius 3 is 2.72 bits per heavy atom. The highest BCUT2D eigenvalue weighted by atomic mass is 35.5. The molecular weight excluding hydrogens is 480 g/mol. The van der Waals surface area contributed by atoms with Crippen molar-refractivity contribution in [1.29, 1.82) is 0 Å². The average molecular weight is 509 g/mol. The normalized spacial score (nSPS) is 17.8. The van der Waals surface area contributed by atoms with Gasteiger partial charge in [0.05, 0.1) is 12.7 Å². The van der Waals surface area contributed by atoms with Gasteiger partial charge in [-0.2, -0.15) is 10.1 Å². The van der Waals surface area contributed by atoms with E-state index >= 15 is 0 Å². The van der Waals surface area contributed by atoms with Gasteiger partial charge in [0, 0.05) is 16.3 Å². The maximum absolute atomic E-state index is 13.5. The number of esters is 1. The lowest BCUT2D eigenvalue weighted by Crippen LogP contribution is -2.32. The third-order valence-corrected chi connectivity index (χ3v) is 7.05. The van der Waals surface area contributed by atoms with Crippen LogP contribution < -0.4 is 14.8 Å². The molecule has 0 bridgehead atoms. The van der Waals surface area contributed by atoms with Crippen LogP contribution >= 0.6 is 11.6 Å². The van der Waals surface area contributed by atoms with Crippen molar-refractivity contribution < 1.29 is 19.0 Å². The number of nitrogens with one attached hydrogen (secondary N) is 1. The molecule has 1 saturated carbocycles. The first-order chi connectivity index (χ1) is 17.5. The Balaban J connectivity index is 1.45. The molecular formula is C27H29ClN4O4. The van der Waals surface area contributed by atoms with Crippen molar-refractivity contribution in [3.8, 4) is 11.5 Å². The summed E-state index contributed by atoms with van der Waals surface area (Å²) in [4.78, 5) is 17.8. The number of anilines is 1. The Morgan fingerprint density at radius 1 is 1.14 bits per heavy atom. The molecule has 1 aromatic heterocycles. The summed E-state index contributed by atoms with van der Waals surface area (Å²) in [6, 6.07) is 12.6. The molecule has 1 N–H and O–H groups in total. The number of hydrogen-bond acceptors (Lipinski definition) is 7. The number of rotatable bonds is 7. The summed E-state index contributed by atoms with van der Waals surface area (Å²) in [6.45, 7) is 2.16. The van der Waals surface area contributed by atoms with E-state index in [0.29, 0.717) is 40.3 Å². The molecule has 1 unspecified atom stereocenters. The number of hydrogen-bond donors (Lipinski definition) is 1. The minimum atomic E-state index is -0.522. The molecule has 1 aliphatic carbocycles. The van der Waals surface area contributed by atoms with E-state index in [0.717, 1.165) is 36.8 Å². The zero-order chi connectivity index (χ0) is 25.1. The topological polar surface area (TPSA) is 87.5 Å². The molecule has 188 valence electrons. The molecule has 1 aliphatic heterocycles. The van der Waals surface area contributed by atoms with Gasteiger partial charge in [-0.1, -0.05) is 42.3 Å². The van der Waals surface area contributed by atoms with Crippen molar-refractivity contribution in [2.45, 2.75) is 57.8 Å².